The molecule has 136 valence electrons. The number of methoxy groups -OCH3 is 1. The lowest BCUT2D eigenvalue weighted by molar-refractivity contribution is -0.384. The smallest absolute Gasteiger partial charge is 0.328 e. The number of esters is 1. The normalized spacial score (nSPS) is 11.5. The van der Waals surface area contributed by atoms with Gasteiger partial charge in [0.2, 0.25) is 5.91 Å². The molecule has 0 saturated carbocycles. The number of hydrogen-bond acceptors (Lipinski definition) is 5. The Morgan fingerprint density at radius 3 is 2.46 bits per heavy atom. The minimum atomic E-state index is -0.956. The van der Waals surface area contributed by atoms with Crippen molar-refractivity contribution in [3.8, 4) is 0 Å². The Kier molecular flexibility index (Phi) is 6.37. The fourth-order valence-corrected chi connectivity index (χ4v) is 2.40. The molecule has 0 heterocycles. The number of carbonyl (C=O) groups is 2. The number of nitrogens with one attached hydrogen (secondary N) is 1. The first kappa shape index (κ1) is 19.0. The van der Waals surface area contributed by atoms with Crippen LogP contribution < -0.4 is 5.32 Å². The van der Waals surface area contributed by atoms with Crippen molar-refractivity contribution in [3.05, 3.63) is 75.6 Å². The summed E-state index contributed by atoms with van der Waals surface area (Å²) in [6, 6.07) is 10.3. The van der Waals surface area contributed by atoms with E-state index in [9.17, 15) is 24.1 Å². The van der Waals surface area contributed by atoms with Gasteiger partial charge in [-0.3, -0.25) is 14.9 Å². The van der Waals surface area contributed by atoms with Gasteiger partial charge in [0.25, 0.3) is 5.69 Å². The van der Waals surface area contributed by atoms with Crippen LogP contribution in [0, 0.1) is 15.9 Å². The van der Waals surface area contributed by atoms with Gasteiger partial charge in [0.1, 0.15) is 11.9 Å². The maximum Gasteiger partial charge on any atom is 0.328 e. The van der Waals surface area contributed by atoms with Crippen LogP contribution in [0.15, 0.2) is 48.5 Å². The van der Waals surface area contributed by atoms with Crippen LogP contribution >= 0.6 is 0 Å². The van der Waals surface area contributed by atoms with E-state index in [-0.39, 0.29) is 18.5 Å². The van der Waals surface area contributed by atoms with Gasteiger partial charge in [0.15, 0.2) is 0 Å². The Balaban J connectivity index is 2.05. The number of nitrogens with zero attached hydrogens (tertiary/aromatic N) is 1. The quantitative estimate of drug-likeness (QED) is 0.464. The predicted octanol–water partition coefficient (Wildman–Crippen LogP) is 2.18. The van der Waals surface area contributed by atoms with E-state index in [1.54, 1.807) is 6.07 Å². The molecule has 0 radical (unpaired) electrons. The van der Waals surface area contributed by atoms with Gasteiger partial charge in [-0.25, -0.2) is 9.18 Å². The lowest BCUT2D eigenvalue weighted by atomic mass is 10.0. The largest absolute Gasteiger partial charge is 0.467 e. The molecule has 0 aliphatic heterocycles. The summed E-state index contributed by atoms with van der Waals surface area (Å²) >= 11 is 0. The summed E-state index contributed by atoms with van der Waals surface area (Å²) in [6.45, 7) is 0. The molecule has 2 aromatic carbocycles. The number of nitro groups is 1. The Morgan fingerprint density at radius 2 is 1.88 bits per heavy atom. The average Bonchev–Trinajstić information content (AvgIpc) is 2.61. The van der Waals surface area contributed by atoms with Crippen LogP contribution in [0.2, 0.25) is 0 Å². The molecule has 0 unspecified atom stereocenters. The van der Waals surface area contributed by atoms with Gasteiger partial charge in [0.05, 0.1) is 18.5 Å². The van der Waals surface area contributed by atoms with Crippen molar-refractivity contribution >= 4 is 17.6 Å². The molecule has 0 aliphatic carbocycles. The molecule has 8 heteroatoms. The summed E-state index contributed by atoms with van der Waals surface area (Å²) in [6.07, 6.45) is 0.0189. The second kappa shape index (κ2) is 8.70. The fourth-order valence-electron chi connectivity index (χ4n) is 2.40. The standard InChI is InChI=1S/C18H17FN2O5/c1-26-18(23)16(10-12-5-7-15(8-6-12)21(24)25)20-17(22)11-13-3-2-4-14(19)9-13/h2-9,16H,10-11H2,1H3,(H,20,22)/t16-/m1/s1. The molecule has 26 heavy (non-hydrogen) atoms. The summed E-state index contributed by atoms with van der Waals surface area (Å²) in [5.41, 5.74) is 1.03. The van der Waals surface area contributed by atoms with Crippen LogP contribution in [0.3, 0.4) is 0 Å². The molecule has 0 bridgehead atoms. The first-order chi connectivity index (χ1) is 12.4. The molecule has 1 atom stereocenters. The molecule has 0 saturated heterocycles. The molecule has 2 aromatic rings. The first-order valence-electron chi connectivity index (χ1n) is 7.74. The second-order valence-electron chi connectivity index (χ2n) is 5.58. The Morgan fingerprint density at radius 1 is 1.19 bits per heavy atom. The van der Waals surface area contributed by atoms with Crippen LogP contribution in [0.4, 0.5) is 10.1 Å². The third-order valence-electron chi connectivity index (χ3n) is 3.66. The number of ether oxygens (including phenoxy) is 1. The van der Waals surface area contributed by atoms with Gasteiger partial charge in [-0.2, -0.15) is 0 Å². The first-order valence-corrected chi connectivity index (χ1v) is 7.74. The number of hydrogen-bond donors (Lipinski definition) is 1. The monoisotopic (exact) mass is 360 g/mol. The van der Waals surface area contributed by atoms with Crippen LogP contribution in [-0.2, 0) is 27.2 Å². The maximum atomic E-state index is 13.2. The van der Waals surface area contributed by atoms with E-state index in [1.165, 1.54) is 49.6 Å². The SMILES string of the molecule is COC(=O)[C@@H](Cc1ccc([N+](=O)[O-])cc1)NC(=O)Cc1cccc(F)c1. The van der Waals surface area contributed by atoms with Crippen molar-refractivity contribution in [1.82, 2.24) is 5.32 Å². The highest BCUT2D eigenvalue weighted by Crippen LogP contribution is 2.14. The third kappa shape index (κ3) is 5.37. The summed E-state index contributed by atoms with van der Waals surface area (Å²) in [7, 11) is 1.20. The second-order valence-corrected chi connectivity index (χ2v) is 5.58. The van der Waals surface area contributed by atoms with Gasteiger partial charge in [0, 0.05) is 18.6 Å². The molecule has 1 N–H and O–H groups in total. The fraction of sp³-hybridized carbons (Fsp3) is 0.222. The van der Waals surface area contributed by atoms with Gasteiger partial charge in [-0.05, 0) is 23.3 Å². The van der Waals surface area contributed by atoms with Crippen LogP contribution in [-0.4, -0.2) is 30.0 Å². The highest BCUT2D eigenvalue weighted by molar-refractivity contribution is 5.85. The number of halogens is 1. The van der Waals surface area contributed by atoms with E-state index in [0.717, 1.165) is 0 Å². The van der Waals surface area contributed by atoms with Crippen LogP contribution in [0.25, 0.3) is 0 Å². The zero-order valence-electron chi connectivity index (χ0n) is 14.0. The molecule has 7 nitrogen and oxygen atoms in total. The summed E-state index contributed by atoms with van der Waals surface area (Å²) in [5, 5.41) is 13.2. The molecule has 0 aromatic heterocycles. The number of amides is 1. The van der Waals surface area contributed by atoms with Gasteiger partial charge in [-0.1, -0.05) is 24.3 Å². The number of rotatable bonds is 7. The highest BCUT2D eigenvalue weighted by Gasteiger charge is 2.22. The van der Waals surface area contributed by atoms with Gasteiger partial charge < -0.3 is 10.1 Å². The predicted molar refractivity (Wildman–Crippen MR) is 90.9 cm³/mol. The van der Waals surface area contributed by atoms with E-state index in [1.807, 2.05) is 0 Å². The molecule has 0 aliphatic rings. The van der Waals surface area contributed by atoms with Crippen LogP contribution in [0.1, 0.15) is 11.1 Å². The summed E-state index contributed by atoms with van der Waals surface area (Å²) < 4.78 is 17.9. The van der Waals surface area contributed by atoms with Crippen molar-refractivity contribution in [1.29, 1.82) is 0 Å². The summed E-state index contributed by atoms with van der Waals surface area (Å²) in [5.74, 6) is -1.56. The molecule has 0 fully saturated rings. The Labute approximate surface area is 148 Å². The lowest BCUT2D eigenvalue weighted by Crippen LogP contribution is -2.43. The molecule has 0 spiro atoms. The van der Waals surface area contributed by atoms with Crippen molar-refractivity contribution in [2.45, 2.75) is 18.9 Å². The van der Waals surface area contributed by atoms with Crippen LogP contribution in [0.5, 0.6) is 0 Å². The van der Waals surface area contributed by atoms with Gasteiger partial charge >= 0.3 is 5.97 Å². The third-order valence-corrected chi connectivity index (χ3v) is 3.66. The Bertz CT molecular complexity index is 807. The van der Waals surface area contributed by atoms with E-state index in [4.69, 9.17) is 4.74 Å². The van der Waals surface area contributed by atoms with E-state index >= 15 is 0 Å². The number of nitro benzene ring substituents is 1. The Hall–Kier alpha value is -3.29. The topological polar surface area (TPSA) is 98.5 Å². The minimum Gasteiger partial charge on any atom is -0.467 e. The molecular weight excluding hydrogens is 343 g/mol. The molecular formula is C18H17FN2O5. The van der Waals surface area contributed by atoms with Crippen molar-refractivity contribution in [2.75, 3.05) is 7.11 Å². The highest BCUT2D eigenvalue weighted by atomic mass is 19.1. The van der Waals surface area contributed by atoms with E-state index in [0.29, 0.717) is 11.1 Å². The van der Waals surface area contributed by atoms with E-state index in [2.05, 4.69) is 5.32 Å². The van der Waals surface area contributed by atoms with Gasteiger partial charge in [-0.15, -0.1) is 0 Å². The lowest BCUT2D eigenvalue weighted by Gasteiger charge is -2.16. The number of benzene rings is 2. The minimum absolute atomic E-state index is 0.0708. The van der Waals surface area contributed by atoms with E-state index < -0.39 is 28.7 Å². The molecule has 1 amide bonds. The zero-order chi connectivity index (χ0) is 19.1. The number of carbonyl (C=O) groups excluding carboxylic acids is 2. The molecule has 2 rings (SSSR count). The summed E-state index contributed by atoms with van der Waals surface area (Å²) in [4.78, 5) is 34.2. The van der Waals surface area contributed by atoms with Crippen molar-refractivity contribution in [2.24, 2.45) is 0 Å². The zero-order valence-corrected chi connectivity index (χ0v) is 14.0. The number of non-ortho nitro benzene ring substituents is 1. The maximum absolute atomic E-state index is 13.2. The average molecular weight is 360 g/mol. The van der Waals surface area contributed by atoms with Crippen molar-refractivity contribution in [3.63, 3.8) is 0 Å². The van der Waals surface area contributed by atoms with Crippen molar-refractivity contribution < 1.29 is 23.6 Å².